The Morgan fingerprint density at radius 1 is 0.490 bits per heavy atom. The van der Waals surface area contributed by atoms with Gasteiger partial charge >= 0.3 is 0 Å². The molecule has 0 atom stereocenters. The molecule has 3 N–H and O–H groups in total. The first kappa shape index (κ1) is 31.5. The molecule has 0 amide bonds. The Morgan fingerprint density at radius 2 is 1.04 bits per heavy atom. The molecule has 4 nitrogen and oxygen atoms in total. The summed E-state index contributed by atoms with van der Waals surface area (Å²) in [7, 11) is 0. The maximum absolute atomic E-state index is 7.84. The van der Waals surface area contributed by atoms with Crippen LogP contribution < -0.4 is 5.73 Å². The standard InChI is InChI=1S/C33H22O.C14H13N3/c1-21-24-9-3-2-8-22(24)14-16-25(21)29-18-17-26(27-10-4-5-11-28(27)29)23-15-19-33-31(20-23)30-12-6-7-13-32(30)34-33;15-13(11-7-3-1-4-8-11)17-14(16)12-9-5-2-6-10-12/h2-20H,1H3;1-10H,(H3,15,16,17). The molecule has 1 aromatic heterocycles. The highest BCUT2D eigenvalue weighted by molar-refractivity contribution is 6.11. The molecular weight excluding hydrogens is 623 g/mol. The molecule has 0 radical (unpaired) electrons. The molecule has 0 fully saturated rings. The second-order valence-corrected chi connectivity index (χ2v) is 12.6. The van der Waals surface area contributed by atoms with E-state index in [1.54, 1.807) is 0 Å². The predicted octanol–water partition coefficient (Wildman–Crippen LogP) is 12.0. The van der Waals surface area contributed by atoms with E-state index in [-0.39, 0.29) is 5.84 Å². The molecule has 1 heterocycles. The number of nitrogens with two attached hydrogens (primary N) is 1. The van der Waals surface area contributed by atoms with Gasteiger partial charge in [0, 0.05) is 21.9 Å². The number of amidine groups is 2. The third kappa shape index (κ3) is 6.16. The highest BCUT2D eigenvalue weighted by Crippen LogP contribution is 2.40. The molecule has 0 aliphatic heterocycles. The highest BCUT2D eigenvalue weighted by Gasteiger charge is 2.14. The summed E-state index contributed by atoms with van der Waals surface area (Å²) in [5.74, 6) is 0.534. The molecule has 8 aromatic carbocycles. The van der Waals surface area contributed by atoms with Crippen LogP contribution in [0, 0.1) is 12.3 Å². The van der Waals surface area contributed by atoms with E-state index >= 15 is 0 Å². The largest absolute Gasteiger partial charge is 0.456 e. The number of furan rings is 1. The minimum atomic E-state index is 0.173. The van der Waals surface area contributed by atoms with E-state index in [1.807, 2.05) is 72.8 Å². The topological polar surface area (TPSA) is 75.4 Å². The van der Waals surface area contributed by atoms with Crippen LogP contribution in [0.15, 0.2) is 185 Å². The van der Waals surface area contributed by atoms with Crippen LogP contribution in [0.25, 0.3) is 65.7 Å². The number of para-hydroxylation sites is 1. The Bertz CT molecular complexity index is 2730. The summed E-state index contributed by atoms with van der Waals surface area (Å²) in [5, 5.41) is 15.3. The van der Waals surface area contributed by atoms with E-state index in [4.69, 9.17) is 15.6 Å². The lowest BCUT2D eigenvalue weighted by atomic mass is 9.89. The molecule has 9 aromatic rings. The van der Waals surface area contributed by atoms with Gasteiger partial charge in [0.1, 0.15) is 17.0 Å². The average molecular weight is 658 g/mol. The number of hydrogen-bond acceptors (Lipinski definition) is 2. The minimum Gasteiger partial charge on any atom is -0.456 e. The molecule has 244 valence electrons. The first-order valence-electron chi connectivity index (χ1n) is 17.0. The van der Waals surface area contributed by atoms with Crippen molar-refractivity contribution < 1.29 is 4.42 Å². The second kappa shape index (κ2) is 13.6. The summed E-state index contributed by atoms with van der Waals surface area (Å²) in [6.07, 6.45) is 0. The minimum absolute atomic E-state index is 0.173. The summed E-state index contributed by atoms with van der Waals surface area (Å²) < 4.78 is 6.06. The number of nitrogens with one attached hydrogen (secondary N) is 1. The fraction of sp³-hybridized carbons (Fsp3) is 0.0213. The zero-order chi connectivity index (χ0) is 34.7. The Balaban J connectivity index is 0.000000186. The quantitative estimate of drug-likeness (QED) is 0.146. The molecule has 4 heteroatoms. The Kier molecular flexibility index (Phi) is 8.41. The van der Waals surface area contributed by atoms with Gasteiger partial charge in [-0.25, -0.2) is 4.99 Å². The zero-order valence-electron chi connectivity index (χ0n) is 28.2. The summed E-state index contributed by atoms with van der Waals surface area (Å²) >= 11 is 0. The number of aliphatic imine (C=N–C) groups is 1. The average Bonchev–Trinajstić information content (AvgIpc) is 3.57. The van der Waals surface area contributed by atoms with Gasteiger partial charge in [-0.05, 0) is 74.5 Å². The number of fused-ring (bicyclic) bond motifs is 5. The van der Waals surface area contributed by atoms with Crippen LogP contribution in [0.3, 0.4) is 0 Å². The molecule has 0 spiro atoms. The van der Waals surface area contributed by atoms with Crippen molar-refractivity contribution in [2.75, 3.05) is 0 Å². The third-order valence-corrected chi connectivity index (χ3v) is 9.45. The number of aryl methyl sites for hydroxylation is 1. The van der Waals surface area contributed by atoms with Gasteiger partial charge in [0.15, 0.2) is 5.84 Å². The van der Waals surface area contributed by atoms with E-state index in [0.717, 1.165) is 33.1 Å². The number of nitrogens with zero attached hydrogens (tertiary/aromatic N) is 1. The Hall–Kier alpha value is -6.78. The predicted molar refractivity (Wildman–Crippen MR) is 215 cm³/mol. The van der Waals surface area contributed by atoms with Crippen molar-refractivity contribution in [3.63, 3.8) is 0 Å². The van der Waals surface area contributed by atoms with Crippen molar-refractivity contribution in [3.05, 3.63) is 193 Å². The van der Waals surface area contributed by atoms with Crippen LogP contribution in [0.4, 0.5) is 0 Å². The van der Waals surface area contributed by atoms with Gasteiger partial charge in [0.05, 0.1) is 0 Å². The van der Waals surface area contributed by atoms with Crippen LogP contribution >= 0.6 is 0 Å². The molecule has 0 unspecified atom stereocenters. The van der Waals surface area contributed by atoms with Gasteiger partial charge in [-0.2, -0.15) is 0 Å². The third-order valence-electron chi connectivity index (χ3n) is 9.45. The monoisotopic (exact) mass is 657 g/mol. The fourth-order valence-corrected chi connectivity index (χ4v) is 6.85. The van der Waals surface area contributed by atoms with Crippen LogP contribution in [-0.2, 0) is 0 Å². The van der Waals surface area contributed by atoms with Gasteiger partial charge < -0.3 is 10.2 Å². The first-order chi connectivity index (χ1) is 25.0. The number of rotatable bonds is 4. The van der Waals surface area contributed by atoms with E-state index in [0.29, 0.717) is 5.84 Å². The lowest BCUT2D eigenvalue weighted by molar-refractivity contribution is 0.669. The molecular formula is C47H35N3O. The summed E-state index contributed by atoms with van der Waals surface area (Å²) in [6, 6.07) is 60.0. The fourth-order valence-electron chi connectivity index (χ4n) is 6.85. The summed E-state index contributed by atoms with van der Waals surface area (Å²) in [6.45, 7) is 2.23. The van der Waals surface area contributed by atoms with Crippen LogP contribution in [0.5, 0.6) is 0 Å². The zero-order valence-corrected chi connectivity index (χ0v) is 28.2. The molecule has 51 heavy (non-hydrogen) atoms. The molecule has 0 aliphatic rings. The van der Waals surface area contributed by atoms with E-state index in [2.05, 4.69) is 115 Å². The maximum Gasteiger partial charge on any atom is 0.154 e. The van der Waals surface area contributed by atoms with Crippen molar-refractivity contribution in [3.8, 4) is 22.3 Å². The van der Waals surface area contributed by atoms with Crippen LogP contribution in [0.1, 0.15) is 16.7 Å². The molecule has 0 saturated heterocycles. The molecule has 0 saturated carbocycles. The van der Waals surface area contributed by atoms with Gasteiger partial charge in [-0.1, -0.05) is 158 Å². The smallest absolute Gasteiger partial charge is 0.154 e. The maximum atomic E-state index is 7.84. The second-order valence-electron chi connectivity index (χ2n) is 12.6. The van der Waals surface area contributed by atoms with Crippen molar-refractivity contribution >= 4 is 55.2 Å². The lowest BCUT2D eigenvalue weighted by Gasteiger charge is -2.15. The van der Waals surface area contributed by atoms with Crippen molar-refractivity contribution in [2.45, 2.75) is 6.92 Å². The van der Waals surface area contributed by atoms with Crippen molar-refractivity contribution in [1.82, 2.24) is 0 Å². The summed E-state index contributed by atoms with van der Waals surface area (Å²) in [5.41, 5.74) is 15.6. The van der Waals surface area contributed by atoms with Gasteiger partial charge in [-0.15, -0.1) is 0 Å². The molecule has 9 rings (SSSR count). The van der Waals surface area contributed by atoms with Crippen LogP contribution in [-0.4, -0.2) is 11.7 Å². The van der Waals surface area contributed by atoms with Gasteiger partial charge in [0.2, 0.25) is 0 Å². The van der Waals surface area contributed by atoms with Crippen molar-refractivity contribution in [1.29, 1.82) is 5.41 Å². The van der Waals surface area contributed by atoms with Gasteiger partial charge in [0.25, 0.3) is 0 Å². The summed E-state index contributed by atoms with van der Waals surface area (Å²) in [4.78, 5) is 4.10. The van der Waals surface area contributed by atoms with E-state index in [9.17, 15) is 0 Å². The van der Waals surface area contributed by atoms with E-state index in [1.165, 1.54) is 49.4 Å². The van der Waals surface area contributed by atoms with E-state index < -0.39 is 0 Å². The first-order valence-corrected chi connectivity index (χ1v) is 17.0. The molecule has 0 bridgehead atoms. The van der Waals surface area contributed by atoms with Crippen molar-refractivity contribution in [2.24, 2.45) is 10.7 Å². The Labute approximate surface area is 296 Å². The SMILES string of the molecule is Cc1c(-c2ccc(-c3ccc4oc5ccccc5c4c3)c3ccccc23)ccc2ccccc12.N=C(N=C(N)c1ccccc1)c1ccccc1. The molecule has 0 aliphatic carbocycles. The highest BCUT2D eigenvalue weighted by atomic mass is 16.3. The number of hydrogen-bond donors (Lipinski definition) is 2. The van der Waals surface area contributed by atoms with Crippen LogP contribution in [0.2, 0.25) is 0 Å². The lowest BCUT2D eigenvalue weighted by Crippen LogP contribution is -2.15. The normalized spacial score (nSPS) is 11.5. The Morgan fingerprint density at radius 3 is 1.78 bits per heavy atom. The number of benzene rings is 8. The van der Waals surface area contributed by atoms with Gasteiger partial charge in [-0.3, -0.25) is 5.41 Å².